The van der Waals surface area contributed by atoms with E-state index in [-0.39, 0.29) is 18.4 Å². The average molecular weight is 266 g/mol. The predicted molar refractivity (Wildman–Crippen MR) is 69.0 cm³/mol. The van der Waals surface area contributed by atoms with Gasteiger partial charge in [-0.3, -0.25) is 14.5 Å². The molecule has 1 aromatic carbocycles. The first kappa shape index (κ1) is 11.5. The van der Waals surface area contributed by atoms with Gasteiger partial charge in [0.25, 0.3) is 0 Å². The van der Waals surface area contributed by atoms with Crippen molar-refractivity contribution in [3.63, 3.8) is 0 Å². The Morgan fingerprint density at radius 3 is 2.94 bits per heavy atom. The predicted octanol–water partition coefficient (Wildman–Crippen LogP) is 0.905. The third kappa shape index (κ3) is 1.59. The first-order valence-corrected chi connectivity index (χ1v) is 6.09. The van der Waals surface area contributed by atoms with E-state index in [1.54, 1.807) is 17.0 Å². The number of anilines is 2. The number of piperazine rings is 1. The molecule has 0 bridgehead atoms. The van der Waals surface area contributed by atoms with Crippen LogP contribution in [0.3, 0.4) is 0 Å². The first-order valence-electron chi connectivity index (χ1n) is 5.71. The Labute approximate surface area is 109 Å². The molecule has 3 rings (SSSR count). The van der Waals surface area contributed by atoms with Gasteiger partial charge in [-0.05, 0) is 24.6 Å². The number of nitrogens with zero attached hydrogens (tertiary/aromatic N) is 1. The maximum Gasteiger partial charge on any atom is 0.248 e. The van der Waals surface area contributed by atoms with E-state index in [0.29, 0.717) is 17.3 Å². The van der Waals surface area contributed by atoms with E-state index in [1.165, 1.54) is 0 Å². The fourth-order valence-electron chi connectivity index (χ4n) is 2.52. The minimum absolute atomic E-state index is 0.0900. The molecular formula is C12H12ClN3O2. The quantitative estimate of drug-likeness (QED) is 0.733. The number of amides is 2. The van der Waals surface area contributed by atoms with Gasteiger partial charge in [0.1, 0.15) is 6.04 Å². The number of rotatable bonds is 0. The van der Waals surface area contributed by atoms with Gasteiger partial charge in [-0.15, -0.1) is 0 Å². The van der Waals surface area contributed by atoms with Crippen molar-refractivity contribution in [3.8, 4) is 0 Å². The summed E-state index contributed by atoms with van der Waals surface area (Å²) < 4.78 is 0. The average Bonchev–Trinajstić information content (AvgIpc) is 2.29. The second kappa shape index (κ2) is 3.96. The van der Waals surface area contributed by atoms with Crippen molar-refractivity contribution < 1.29 is 9.59 Å². The van der Waals surface area contributed by atoms with E-state index in [0.717, 1.165) is 11.3 Å². The van der Waals surface area contributed by atoms with Crippen molar-refractivity contribution in [3.05, 3.63) is 22.7 Å². The molecule has 0 aliphatic carbocycles. The summed E-state index contributed by atoms with van der Waals surface area (Å²) >= 11 is 5.97. The van der Waals surface area contributed by atoms with Gasteiger partial charge >= 0.3 is 0 Å². The Morgan fingerprint density at radius 2 is 2.17 bits per heavy atom. The number of halogens is 1. The summed E-state index contributed by atoms with van der Waals surface area (Å²) in [6.07, 6.45) is 0. The number of carbonyl (C=O) groups excluding carboxylic acids is 2. The van der Waals surface area contributed by atoms with Crippen LogP contribution in [0.15, 0.2) is 12.1 Å². The molecule has 0 spiro atoms. The summed E-state index contributed by atoms with van der Waals surface area (Å²) in [6.45, 7) is 2.61. The van der Waals surface area contributed by atoms with Gasteiger partial charge in [0.05, 0.1) is 17.9 Å². The molecule has 1 atom stereocenters. The highest BCUT2D eigenvalue weighted by molar-refractivity contribution is 6.31. The molecule has 1 saturated heterocycles. The van der Waals surface area contributed by atoms with E-state index < -0.39 is 6.04 Å². The molecular weight excluding hydrogens is 254 g/mol. The standard InChI is InChI=1S/C12H12ClN3O2/c1-6-2-7(13)3-8-11(6)16-9(12(18)15-8)4-14-5-10(16)17/h2-3,9,14H,4-5H2,1H3,(H,15,18). The molecule has 2 heterocycles. The summed E-state index contributed by atoms with van der Waals surface area (Å²) in [4.78, 5) is 25.6. The number of benzene rings is 1. The van der Waals surface area contributed by atoms with Gasteiger partial charge < -0.3 is 10.6 Å². The Balaban J connectivity index is 2.19. The Bertz CT molecular complexity index is 558. The van der Waals surface area contributed by atoms with Gasteiger partial charge in [0, 0.05) is 11.6 Å². The van der Waals surface area contributed by atoms with Crippen LogP contribution in [-0.4, -0.2) is 30.9 Å². The third-order valence-corrected chi connectivity index (χ3v) is 3.48. The largest absolute Gasteiger partial charge is 0.322 e. The molecule has 1 fully saturated rings. The van der Waals surface area contributed by atoms with Crippen molar-refractivity contribution in [1.82, 2.24) is 5.32 Å². The van der Waals surface area contributed by atoms with Crippen LogP contribution < -0.4 is 15.5 Å². The lowest BCUT2D eigenvalue weighted by Gasteiger charge is -2.40. The van der Waals surface area contributed by atoms with Crippen LogP contribution in [0.25, 0.3) is 0 Å². The Morgan fingerprint density at radius 1 is 1.39 bits per heavy atom. The van der Waals surface area contributed by atoms with Gasteiger partial charge in [0.2, 0.25) is 11.8 Å². The highest BCUT2D eigenvalue weighted by Crippen LogP contribution is 2.38. The maximum absolute atomic E-state index is 12.0. The van der Waals surface area contributed by atoms with Crippen LogP contribution in [0, 0.1) is 6.92 Å². The fourth-order valence-corrected chi connectivity index (χ4v) is 2.80. The minimum atomic E-state index is -0.473. The van der Waals surface area contributed by atoms with Crippen molar-refractivity contribution in [2.75, 3.05) is 23.3 Å². The minimum Gasteiger partial charge on any atom is -0.322 e. The lowest BCUT2D eigenvalue weighted by Crippen LogP contribution is -2.61. The molecule has 2 N–H and O–H groups in total. The zero-order valence-corrected chi connectivity index (χ0v) is 10.5. The van der Waals surface area contributed by atoms with Crippen LogP contribution in [0.5, 0.6) is 0 Å². The number of carbonyl (C=O) groups is 2. The normalized spacial score (nSPS) is 22.3. The number of hydrogen-bond donors (Lipinski definition) is 2. The lowest BCUT2D eigenvalue weighted by atomic mass is 10.0. The van der Waals surface area contributed by atoms with Crippen LogP contribution in [-0.2, 0) is 9.59 Å². The molecule has 0 saturated carbocycles. The van der Waals surface area contributed by atoms with Crippen molar-refractivity contribution in [2.24, 2.45) is 0 Å². The molecule has 1 unspecified atom stereocenters. The molecule has 6 heteroatoms. The van der Waals surface area contributed by atoms with E-state index >= 15 is 0 Å². The molecule has 1 aromatic rings. The van der Waals surface area contributed by atoms with E-state index in [9.17, 15) is 9.59 Å². The Hall–Kier alpha value is -1.59. The molecule has 18 heavy (non-hydrogen) atoms. The number of fused-ring (bicyclic) bond motifs is 3. The van der Waals surface area contributed by atoms with E-state index in [4.69, 9.17) is 11.6 Å². The van der Waals surface area contributed by atoms with E-state index in [2.05, 4.69) is 10.6 Å². The maximum atomic E-state index is 12.0. The van der Waals surface area contributed by atoms with Gasteiger partial charge in [0.15, 0.2) is 0 Å². The Kier molecular flexibility index (Phi) is 2.53. The number of aryl methyl sites for hydroxylation is 1. The van der Waals surface area contributed by atoms with Crippen LogP contribution in [0.2, 0.25) is 5.02 Å². The second-order valence-corrected chi connectivity index (χ2v) is 4.95. The van der Waals surface area contributed by atoms with Crippen molar-refractivity contribution in [2.45, 2.75) is 13.0 Å². The van der Waals surface area contributed by atoms with Gasteiger partial charge in [-0.2, -0.15) is 0 Å². The highest BCUT2D eigenvalue weighted by atomic mass is 35.5. The zero-order valence-electron chi connectivity index (χ0n) is 9.79. The summed E-state index contributed by atoms with van der Waals surface area (Å²) in [7, 11) is 0. The third-order valence-electron chi connectivity index (χ3n) is 3.26. The molecule has 94 valence electrons. The van der Waals surface area contributed by atoms with Gasteiger partial charge in [-0.1, -0.05) is 11.6 Å². The summed E-state index contributed by atoms with van der Waals surface area (Å²) in [5, 5.41) is 6.30. The fraction of sp³-hybridized carbons (Fsp3) is 0.333. The van der Waals surface area contributed by atoms with Gasteiger partial charge in [-0.25, -0.2) is 0 Å². The number of hydrogen-bond acceptors (Lipinski definition) is 3. The lowest BCUT2D eigenvalue weighted by molar-refractivity contribution is -0.124. The topological polar surface area (TPSA) is 61.4 Å². The highest BCUT2D eigenvalue weighted by Gasteiger charge is 2.39. The SMILES string of the molecule is Cc1cc(Cl)cc2c1N1C(=O)CNCC1C(=O)N2. The molecule has 0 aromatic heterocycles. The molecule has 5 nitrogen and oxygen atoms in total. The summed E-state index contributed by atoms with van der Waals surface area (Å²) in [6, 6.07) is 3.00. The van der Waals surface area contributed by atoms with Crippen LogP contribution in [0.4, 0.5) is 11.4 Å². The van der Waals surface area contributed by atoms with Crippen LogP contribution in [0.1, 0.15) is 5.56 Å². The summed E-state index contributed by atoms with van der Waals surface area (Å²) in [5.74, 6) is -0.266. The molecule has 2 amide bonds. The number of nitrogens with one attached hydrogen (secondary N) is 2. The van der Waals surface area contributed by atoms with E-state index in [1.807, 2.05) is 6.92 Å². The molecule has 2 aliphatic heterocycles. The smallest absolute Gasteiger partial charge is 0.248 e. The monoisotopic (exact) mass is 265 g/mol. The zero-order chi connectivity index (χ0) is 12.9. The van der Waals surface area contributed by atoms with Crippen molar-refractivity contribution in [1.29, 1.82) is 0 Å². The van der Waals surface area contributed by atoms with Crippen LogP contribution >= 0.6 is 11.6 Å². The van der Waals surface area contributed by atoms with Crippen molar-refractivity contribution >= 4 is 34.8 Å². The molecule has 2 aliphatic rings. The second-order valence-electron chi connectivity index (χ2n) is 4.52. The molecule has 0 radical (unpaired) electrons. The summed E-state index contributed by atoms with van der Waals surface area (Å²) in [5.41, 5.74) is 2.25. The first-order chi connectivity index (χ1) is 8.58.